The van der Waals surface area contributed by atoms with E-state index < -0.39 is 5.54 Å². The third kappa shape index (κ3) is 4.99. The molecule has 6 nitrogen and oxygen atoms in total. The number of carbonyl (C=O) groups is 1. The van der Waals surface area contributed by atoms with Crippen LogP contribution < -0.4 is 11.1 Å². The van der Waals surface area contributed by atoms with E-state index in [9.17, 15) is 4.79 Å². The molecular weight excluding hydrogens is 365 g/mol. The summed E-state index contributed by atoms with van der Waals surface area (Å²) >= 11 is 0. The Morgan fingerprint density at radius 2 is 2.04 bits per heavy atom. The zero-order valence-electron chi connectivity index (χ0n) is 15.9. The first kappa shape index (κ1) is 24.9. The summed E-state index contributed by atoms with van der Waals surface area (Å²) in [4.78, 5) is 15.0. The molecule has 1 heterocycles. The number of rotatable bonds is 8. The molecule has 150 valence electrons. The number of halogens is 2. The number of nitrogens with two attached hydrogens (primary N) is 1. The van der Waals surface area contributed by atoms with Crippen molar-refractivity contribution in [2.75, 3.05) is 40.0 Å². The van der Waals surface area contributed by atoms with Gasteiger partial charge in [-0.3, -0.25) is 9.69 Å². The number of ether oxygens (including phenoxy) is 2. The highest BCUT2D eigenvalue weighted by atomic mass is 35.5. The molecule has 0 bridgehead atoms. The predicted molar refractivity (Wildman–Crippen MR) is 105 cm³/mol. The third-order valence-corrected chi connectivity index (χ3v) is 5.82. The number of likely N-dealkylation sites (tertiary alicyclic amines) is 1. The average molecular weight is 400 g/mol. The Hall–Kier alpha value is -0.110. The van der Waals surface area contributed by atoms with Gasteiger partial charge >= 0.3 is 0 Å². The number of nitrogens with one attached hydrogen (secondary N) is 1. The minimum absolute atomic E-state index is 0. The Morgan fingerprint density at radius 1 is 1.36 bits per heavy atom. The zero-order valence-corrected chi connectivity index (χ0v) is 17.5. The number of hydrogen-bond acceptors (Lipinski definition) is 5. The van der Waals surface area contributed by atoms with Crippen LogP contribution in [0.15, 0.2) is 0 Å². The molecule has 2 rings (SSSR count). The maximum atomic E-state index is 12.7. The highest BCUT2D eigenvalue weighted by Crippen LogP contribution is 2.49. The van der Waals surface area contributed by atoms with E-state index in [1.807, 2.05) is 20.8 Å². The Kier molecular flexibility index (Phi) is 10.2. The van der Waals surface area contributed by atoms with Crippen molar-refractivity contribution < 1.29 is 14.3 Å². The second-order valence-electron chi connectivity index (χ2n) is 7.38. The Bertz CT molecular complexity index is 426. The molecule has 1 aliphatic carbocycles. The summed E-state index contributed by atoms with van der Waals surface area (Å²) in [6.07, 6.45) is 2.95. The molecular formula is C17H35Cl2N3O3. The molecule has 0 aromatic heterocycles. The molecule has 1 saturated carbocycles. The molecule has 1 amide bonds. The van der Waals surface area contributed by atoms with Crippen LogP contribution in [-0.4, -0.2) is 68.4 Å². The number of nitrogens with zero attached hydrogens (tertiary/aromatic N) is 1. The highest BCUT2D eigenvalue weighted by molar-refractivity contribution is 5.88. The summed E-state index contributed by atoms with van der Waals surface area (Å²) in [5.41, 5.74) is 5.25. The van der Waals surface area contributed by atoms with E-state index in [4.69, 9.17) is 15.2 Å². The van der Waals surface area contributed by atoms with Gasteiger partial charge in [0.2, 0.25) is 5.91 Å². The van der Waals surface area contributed by atoms with Gasteiger partial charge in [0.05, 0.1) is 12.7 Å². The van der Waals surface area contributed by atoms with Gasteiger partial charge in [-0.05, 0) is 26.3 Å². The summed E-state index contributed by atoms with van der Waals surface area (Å²) < 4.78 is 10.9. The van der Waals surface area contributed by atoms with Gasteiger partial charge in [0.15, 0.2) is 0 Å². The van der Waals surface area contributed by atoms with Gasteiger partial charge in [-0.15, -0.1) is 24.8 Å². The molecule has 1 saturated heterocycles. The largest absolute Gasteiger partial charge is 0.383 e. The van der Waals surface area contributed by atoms with Gasteiger partial charge in [0, 0.05) is 44.7 Å². The maximum absolute atomic E-state index is 12.7. The fraction of sp³-hybridized carbons (Fsp3) is 0.941. The van der Waals surface area contributed by atoms with Crippen LogP contribution >= 0.6 is 24.8 Å². The summed E-state index contributed by atoms with van der Waals surface area (Å²) in [5.74, 6) is -0.0444. The van der Waals surface area contributed by atoms with Gasteiger partial charge in [0.1, 0.15) is 5.54 Å². The SMILES string of the molecule is CCOC1CC(N)(C(=O)NCC2CCCN2CCOC)C1(C)C.Cl.Cl. The number of amides is 1. The average Bonchev–Trinajstić information content (AvgIpc) is 2.97. The van der Waals surface area contributed by atoms with Gasteiger partial charge in [-0.25, -0.2) is 0 Å². The highest BCUT2D eigenvalue weighted by Gasteiger charge is 2.62. The Labute approximate surface area is 164 Å². The van der Waals surface area contributed by atoms with Crippen LogP contribution in [0.1, 0.15) is 40.0 Å². The lowest BCUT2D eigenvalue weighted by atomic mass is 9.54. The number of carbonyl (C=O) groups excluding carboxylic acids is 1. The molecule has 0 radical (unpaired) electrons. The first-order valence-corrected chi connectivity index (χ1v) is 8.78. The van der Waals surface area contributed by atoms with Crippen molar-refractivity contribution in [1.82, 2.24) is 10.2 Å². The van der Waals surface area contributed by atoms with Crippen molar-refractivity contribution in [2.45, 2.75) is 57.7 Å². The van der Waals surface area contributed by atoms with E-state index in [0.717, 1.165) is 26.1 Å². The second kappa shape index (κ2) is 10.3. The van der Waals surface area contributed by atoms with Gasteiger partial charge in [-0.2, -0.15) is 0 Å². The predicted octanol–water partition coefficient (Wildman–Crippen LogP) is 1.59. The second-order valence-corrected chi connectivity index (χ2v) is 7.38. The zero-order chi connectivity index (χ0) is 17.1. The van der Waals surface area contributed by atoms with E-state index in [1.54, 1.807) is 7.11 Å². The summed E-state index contributed by atoms with van der Waals surface area (Å²) in [7, 11) is 1.72. The van der Waals surface area contributed by atoms with Gasteiger partial charge < -0.3 is 20.5 Å². The van der Waals surface area contributed by atoms with Crippen LogP contribution in [0.4, 0.5) is 0 Å². The van der Waals surface area contributed by atoms with E-state index in [2.05, 4.69) is 10.2 Å². The fourth-order valence-electron chi connectivity index (χ4n) is 3.82. The van der Waals surface area contributed by atoms with Gasteiger partial charge in [-0.1, -0.05) is 13.8 Å². The molecule has 2 fully saturated rings. The summed E-state index contributed by atoms with van der Waals surface area (Å²) in [6, 6.07) is 0.392. The third-order valence-electron chi connectivity index (χ3n) is 5.82. The van der Waals surface area contributed by atoms with Crippen molar-refractivity contribution in [3.05, 3.63) is 0 Å². The van der Waals surface area contributed by atoms with Crippen LogP contribution in [0.5, 0.6) is 0 Å². The molecule has 3 atom stereocenters. The van der Waals surface area contributed by atoms with E-state index in [0.29, 0.717) is 25.6 Å². The number of methoxy groups -OCH3 is 1. The normalized spacial score (nSPS) is 30.8. The van der Waals surface area contributed by atoms with Crippen molar-refractivity contribution >= 4 is 30.7 Å². The van der Waals surface area contributed by atoms with Crippen molar-refractivity contribution in [3.8, 4) is 0 Å². The minimum Gasteiger partial charge on any atom is -0.383 e. The molecule has 2 aliphatic rings. The van der Waals surface area contributed by atoms with Crippen LogP contribution in [0.2, 0.25) is 0 Å². The van der Waals surface area contributed by atoms with Crippen LogP contribution in [0.3, 0.4) is 0 Å². The molecule has 8 heteroatoms. The Morgan fingerprint density at radius 3 is 2.60 bits per heavy atom. The lowest BCUT2D eigenvalue weighted by Gasteiger charge is -2.57. The summed E-state index contributed by atoms with van der Waals surface area (Å²) in [5, 5.41) is 3.09. The first-order valence-electron chi connectivity index (χ1n) is 8.78. The lowest BCUT2D eigenvalue weighted by molar-refractivity contribution is -0.170. The minimum atomic E-state index is -0.831. The quantitative estimate of drug-likeness (QED) is 0.647. The molecule has 3 unspecified atom stereocenters. The monoisotopic (exact) mass is 399 g/mol. The topological polar surface area (TPSA) is 76.8 Å². The van der Waals surface area contributed by atoms with E-state index >= 15 is 0 Å². The van der Waals surface area contributed by atoms with Crippen molar-refractivity contribution in [2.24, 2.45) is 11.1 Å². The molecule has 0 aromatic rings. The lowest BCUT2D eigenvalue weighted by Crippen LogP contribution is -2.76. The molecule has 0 aromatic carbocycles. The molecule has 0 spiro atoms. The molecule has 3 N–H and O–H groups in total. The summed E-state index contributed by atoms with van der Waals surface area (Å²) in [6.45, 7) is 10.1. The van der Waals surface area contributed by atoms with Crippen LogP contribution in [0.25, 0.3) is 0 Å². The van der Waals surface area contributed by atoms with Crippen LogP contribution in [0, 0.1) is 5.41 Å². The standard InChI is InChI=1S/C17H33N3O3.2ClH/c1-5-23-14-11-17(18,16(14,2)3)15(21)19-12-13-7-6-8-20(13)9-10-22-4;;/h13-14H,5-12,18H2,1-4H3,(H,19,21);2*1H. The first-order chi connectivity index (χ1) is 10.9. The van der Waals surface area contributed by atoms with Crippen molar-refractivity contribution in [1.29, 1.82) is 0 Å². The fourth-order valence-corrected chi connectivity index (χ4v) is 3.82. The Balaban J connectivity index is 0.00000288. The van der Waals surface area contributed by atoms with Crippen LogP contribution in [-0.2, 0) is 14.3 Å². The number of hydrogen-bond donors (Lipinski definition) is 2. The van der Waals surface area contributed by atoms with E-state index in [-0.39, 0.29) is 42.2 Å². The van der Waals surface area contributed by atoms with E-state index in [1.165, 1.54) is 6.42 Å². The van der Waals surface area contributed by atoms with Gasteiger partial charge in [0.25, 0.3) is 0 Å². The van der Waals surface area contributed by atoms with Crippen molar-refractivity contribution in [3.63, 3.8) is 0 Å². The maximum Gasteiger partial charge on any atom is 0.240 e. The molecule has 1 aliphatic heterocycles. The molecule has 25 heavy (non-hydrogen) atoms. The smallest absolute Gasteiger partial charge is 0.240 e.